The summed E-state index contributed by atoms with van der Waals surface area (Å²) in [6, 6.07) is 3.85. The normalized spacial score (nSPS) is 12.3. The molecule has 18 heavy (non-hydrogen) atoms. The third-order valence-electron chi connectivity index (χ3n) is 2.06. The van der Waals surface area contributed by atoms with E-state index in [1.54, 1.807) is 0 Å². The van der Waals surface area contributed by atoms with Gasteiger partial charge in [-0.05, 0) is 18.2 Å². The van der Waals surface area contributed by atoms with Crippen molar-refractivity contribution in [1.82, 2.24) is 0 Å². The molecule has 0 aromatic heterocycles. The van der Waals surface area contributed by atoms with Crippen molar-refractivity contribution in [2.75, 3.05) is 23.3 Å². The Kier molecular flexibility index (Phi) is 4.16. The third kappa shape index (κ3) is 4.49. The zero-order chi connectivity index (χ0) is 14.0. The van der Waals surface area contributed by atoms with Crippen LogP contribution in [-0.4, -0.2) is 29.1 Å². The van der Waals surface area contributed by atoms with Crippen molar-refractivity contribution >= 4 is 31.4 Å². The molecule has 0 bridgehead atoms. The third-order valence-corrected chi connectivity index (χ3v) is 3.74. The van der Waals surface area contributed by atoms with Crippen LogP contribution in [0.25, 0.3) is 0 Å². The molecule has 0 aliphatic heterocycles. The van der Waals surface area contributed by atoms with Gasteiger partial charge < -0.3 is 11.1 Å². The second kappa shape index (κ2) is 5.10. The standard InChI is InChI=1S/C8H14N4O4S2/c9-7-2-1-6(18(11,15)16)5-8(7)12-3-4-17(10,13)14/h1-2,5,12H,3-4,9H2,(H2,10,13,14)(H2,11,15,16). The van der Waals surface area contributed by atoms with Gasteiger partial charge in [-0.1, -0.05) is 0 Å². The molecule has 0 aliphatic carbocycles. The summed E-state index contributed by atoms with van der Waals surface area (Å²) in [5, 5.41) is 12.5. The van der Waals surface area contributed by atoms with Crippen LogP contribution < -0.4 is 21.3 Å². The van der Waals surface area contributed by atoms with E-state index in [0.29, 0.717) is 0 Å². The summed E-state index contributed by atoms with van der Waals surface area (Å²) in [6.45, 7) is 0.0110. The molecule has 0 saturated heterocycles. The molecule has 102 valence electrons. The second-order valence-corrected chi connectivity index (χ2v) is 6.88. The number of hydrogen-bond acceptors (Lipinski definition) is 6. The van der Waals surface area contributed by atoms with E-state index in [4.69, 9.17) is 16.0 Å². The summed E-state index contributed by atoms with van der Waals surface area (Å²) in [4.78, 5) is -0.116. The summed E-state index contributed by atoms with van der Waals surface area (Å²) >= 11 is 0. The average Bonchev–Trinajstić information content (AvgIpc) is 2.17. The Bertz CT molecular complexity index is 639. The van der Waals surface area contributed by atoms with E-state index in [-0.39, 0.29) is 28.6 Å². The molecule has 0 fully saturated rings. The van der Waals surface area contributed by atoms with Crippen molar-refractivity contribution in [2.24, 2.45) is 10.3 Å². The highest BCUT2D eigenvalue weighted by Crippen LogP contribution is 2.21. The molecule has 1 rings (SSSR count). The number of anilines is 2. The molecular formula is C8H14N4O4S2. The molecule has 0 heterocycles. The van der Waals surface area contributed by atoms with Crippen molar-refractivity contribution in [3.8, 4) is 0 Å². The van der Waals surface area contributed by atoms with E-state index in [2.05, 4.69) is 5.32 Å². The number of hydrogen-bond donors (Lipinski definition) is 4. The van der Waals surface area contributed by atoms with Crippen LogP contribution in [0.15, 0.2) is 23.1 Å². The van der Waals surface area contributed by atoms with Crippen LogP contribution in [0.1, 0.15) is 0 Å². The number of primary sulfonamides is 2. The lowest BCUT2D eigenvalue weighted by Crippen LogP contribution is -2.22. The van der Waals surface area contributed by atoms with Gasteiger partial charge in [0.25, 0.3) is 0 Å². The predicted octanol–water partition coefficient (Wildman–Crippen LogP) is -1.38. The lowest BCUT2D eigenvalue weighted by molar-refractivity contribution is 0.596. The van der Waals surface area contributed by atoms with Gasteiger partial charge in [-0.2, -0.15) is 0 Å². The van der Waals surface area contributed by atoms with Gasteiger partial charge in [-0.3, -0.25) is 0 Å². The van der Waals surface area contributed by atoms with E-state index in [0.717, 1.165) is 0 Å². The van der Waals surface area contributed by atoms with E-state index >= 15 is 0 Å². The topological polar surface area (TPSA) is 158 Å². The quantitative estimate of drug-likeness (QED) is 0.490. The Hall–Kier alpha value is -1.36. The van der Waals surface area contributed by atoms with Gasteiger partial charge in [0.15, 0.2) is 0 Å². The second-order valence-electron chi connectivity index (χ2n) is 3.59. The molecule has 1 aromatic rings. The summed E-state index contributed by atoms with van der Waals surface area (Å²) in [6.07, 6.45) is 0. The van der Waals surface area contributed by atoms with Crippen LogP contribution in [0.4, 0.5) is 11.4 Å². The van der Waals surface area contributed by atoms with Crippen LogP contribution in [-0.2, 0) is 20.0 Å². The zero-order valence-corrected chi connectivity index (χ0v) is 11.0. The molecule has 0 radical (unpaired) electrons. The largest absolute Gasteiger partial charge is 0.397 e. The van der Waals surface area contributed by atoms with Crippen LogP contribution in [0.5, 0.6) is 0 Å². The lowest BCUT2D eigenvalue weighted by Gasteiger charge is -2.10. The van der Waals surface area contributed by atoms with E-state index in [1.165, 1.54) is 18.2 Å². The minimum Gasteiger partial charge on any atom is -0.397 e. The summed E-state index contributed by atoms with van der Waals surface area (Å²) in [5.74, 6) is -0.300. The van der Waals surface area contributed by atoms with E-state index < -0.39 is 20.0 Å². The highest BCUT2D eigenvalue weighted by Gasteiger charge is 2.10. The first-order valence-corrected chi connectivity index (χ1v) is 8.02. The monoisotopic (exact) mass is 294 g/mol. The first kappa shape index (κ1) is 14.7. The Balaban J connectivity index is 2.89. The number of rotatable bonds is 5. The molecule has 0 spiro atoms. The lowest BCUT2D eigenvalue weighted by atomic mass is 10.2. The fourth-order valence-corrected chi connectivity index (χ4v) is 2.12. The molecule has 10 heteroatoms. The Morgan fingerprint density at radius 3 is 2.22 bits per heavy atom. The Morgan fingerprint density at radius 2 is 1.72 bits per heavy atom. The maximum absolute atomic E-state index is 11.1. The smallest absolute Gasteiger partial charge is 0.238 e. The van der Waals surface area contributed by atoms with Gasteiger partial charge in [0, 0.05) is 6.54 Å². The molecule has 8 nitrogen and oxygen atoms in total. The highest BCUT2D eigenvalue weighted by molar-refractivity contribution is 7.89. The molecule has 0 amide bonds. The van der Waals surface area contributed by atoms with E-state index in [9.17, 15) is 16.8 Å². The molecule has 1 aromatic carbocycles. The number of benzene rings is 1. The van der Waals surface area contributed by atoms with Crippen molar-refractivity contribution in [3.05, 3.63) is 18.2 Å². The maximum Gasteiger partial charge on any atom is 0.238 e. The fraction of sp³-hybridized carbons (Fsp3) is 0.250. The minimum absolute atomic E-state index is 0.0110. The molecule has 0 aliphatic rings. The van der Waals surface area contributed by atoms with Gasteiger partial charge in [-0.25, -0.2) is 27.1 Å². The van der Waals surface area contributed by atoms with Crippen molar-refractivity contribution in [1.29, 1.82) is 0 Å². The summed E-state index contributed by atoms with van der Waals surface area (Å²) < 4.78 is 43.7. The summed E-state index contributed by atoms with van der Waals surface area (Å²) in [5.41, 5.74) is 6.16. The van der Waals surface area contributed by atoms with Crippen molar-refractivity contribution in [2.45, 2.75) is 4.90 Å². The molecule has 7 N–H and O–H groups in total. The predicted molar refractivity (Wildman–Crippen MR) is 68.7 cm³/mol. The fourth-order valence-electron chi connectivity index (χ4n) is 1.19. The summed E-state index contributed by atoms with van der Waals surface area (Å²) in [7, 11) is -7.43. The van der Waals surface area contributed by atoms with Gasteiger partial charge in [0.2, 0.25) is 20.0 Å². The minimum atomic E-state index is -3.83. The van der Waals surface area contributed by atoms with Crippen molar-refractivity contribution < 1.29 is 16.8 Å². The van der Waals surface area contributed by atoms with Gasteiger partial charge >= 0.3 is 0 Å². The molecule has 0 saturated carbocycles. The Labute approximate surface area is 105 Å². The number of nitrogens with one attached hydrogen (secondary N) is 1. The number of nitrogens with two attached hydrogens (primary N) is 3. The maximum atomic E-state index is 11.1. The molecular weight excluding hydrogens is 280 g/mol. The van der Waals surface area contributed by atoms with Crippen molar-refractivity contribution in [3.63, 3.8) is 0 Å². The van der Waals surface area contributed by atoms with Crippen LogP contribution in [0, 0.1) is 0 Å². The SMILES string of the molecule is Nc1ccc(S(N)(=O)=O)cc1NCCS(N)(=O)=O. The molecule has 0 atom stereocenters. The van der Waals surface area contributed by atoms with Gasteiger partial charge in [0.05, 0.1) is 22.0 Å². The Morgan fingerprint density at radius 1 is 1.11 bits per heavy atom. The van der Waals surface area contributed by atoms with Crippen LogP contribution >= 0.6 is 0 Å². The zero-order valence-electron chi connectivity index (χ0n) is 9.33. The average molecular weight is 294 g/mol. The first-order valence-electron chi connectivity index (χ1n) is 4.76. The van der Waals surface area contributed by atoms with Crippen LogP contribution in [0.3, 0.4) is 0 Å². The van der Waals surface area contributed by atoms with Gasteiger partial charge in [-0.15, -0.1) is 0 Å². The highest BCUT2D eigenvalue weighted by atomic mass is 32.2. The first-order chi connectivity index (χ1) is 8.09. The molecule has 0 unspecified atom stereocenters. The number of nitrogen functional groups attached to an aromatic ring is 1. The van der Waals surface area contributed by atoms with Crippen LogP contribution in [0.2, 0.25) is 0 Å². The van der Waals surface area contributed by atoms with E-state index in [1.807, 2.05) is 0 Å². The number of sulfonamides is 2. The van der Waals surface area contributed by atoms with Gasteiger partial charge in [0.1, 0.15) is 0 Å².